The molecular formula is C14H23NO4. The summed E-state index contributed by atoms with van der Waals surface area (Å²) in [5, 5.41) is 21.3. The normalized spacial score (nSPS) is 29.3. The molecule has 2 rings (SSSR count). The zero-order valence-electron chi connectivity index (χ0n) is 11.2. The topological polar surface area (TPSA) is 86.6 Å². The van der Waals surface area contributed by atoms with Crippen molar-refractivity contribution in [3.8, 4) is 0 Å². The Kier molecular flexibility index (Phi) is 4.45. The van der Waals surface area contributed by atoms with E-state index in [1.54, 1.807) is 0 Å². The van der Waals surface area contributed by atoms with Gasteiger partial charge in [0.1, 0.15) is 0 Å². The molecule has 2 saturated carbocycles. The number of hydrogen-bond acceptors (Lipinski definition) is 3. The number of amides is 1. The highest BCUT2D eigenvalue weighted by molar-refractivity contribution is 5.80. The molecule has 0 unspecified atom stereocenters. The summed E-state index contributed by atoms with van der Waals surface area (Å²) in [6.07, 6.45) is 5.86. The molecule has 2 aliphatic rings. The Morgan fingerprint density at radius 2 is 1.79 bits per heavy atom. The van der Waals surface area contributed by atoms with Crippen LogP contribution in [0.4, 0.5) is 0 Å². The number of aliphatic carboxylic acids is 1. The van der Waals surface area contributed by atoms with Crippen LogP contribution in [0.3, 0.4) is 0 Å². The van der Waals surface area contributed by atoms with E-state index in [1.165, 1.54) is 0 Å². The number of carbonyl (C=O) groups is 2. The van der Waals surface area contributed by atoms with E-state index in [2.05, 4.69) is 5.32 Å². The van der Waals surface area contributed by atoms with Crippen LogP contribution in [0.2, 0.25) is 0 Å². The predicted octanol–water partition coefficient (Wildman–Crippen LogP) is 1.16. The first-order valence-corrected chi connectivity index (χ1v) is 7.18. The van der Waals surface area contributed by atoms with Crippen LogP contribution in [-0.4, -0.2) is 35.2 Å². The Labute approximate surface area is 113 Å². The highest BCUT2D eigenvalue weighted by atomic mass is 16.4. The maximum Gasteiger partial charge on any atom is 0.306 e. The molecule has 5 nitrogen and oxygen atoms in total. The van der Waals surface area contributed by atoms with E-state index in [-0.39, 0.29) is 29.8 Å². The Balaban J connectivity index is 1.80. The van der Waals surface area contributed by atoms with Gasteiger partial charge in [-0.2, -0.15) is 0 Å². The Hall–Kier alpha value is -1.10. The summed E-state index contributed by atoms with van der Waals surface area (Å²) >= 11 is 0. The maximum atomic E-state index is 12.0. The number of carbonyl (C=O) groups excluding carboxylic acids is 1. The van der Waals surface area contributed by atoms with Crippen LogP contribution in [0, 0.1) is 17.3 Å². The third-order valence-electron chi connectivity index (χ3n) is 4.79. The lowest BCUT2D eigenvalue weighted by Gasteiger charge is -2.27. The van der Waals surface area contributed by atoms with E-state index in [4.69, 9.17) is 5.11 Å². The predicted molar refractivity (Wildman–Crippen MR) is 69.5 cm³/mol. The molecule has 108 valence electrons. The van der Waals surface area contributed by atoms with E-state index in [9.17, 15) is 14.7 Å². The largest absolute Gasteiger partial charge is 0.481 e. The number of carboxylic acid groups (broad SMARTS) is 1. The molecule has 1 amide bonds. The first-order valence-electron chi connectivity index (χ1n) is 7.18. The molecule has 0 radical (unpaired) electrons. The minimum Gasteiger partial charge on any atom is -0.481 e. The Morgan fingerprint density at radius 1 is 1.16 bits per heavy atom. The molecule has 0 saturated heterocycles. The fourth-order valence-electron chi connectivity index (χ4n) is 3.38. The average molecular weight is 269 g/mol. The smallest absolute Gasteiger partial charge is 0.306 e. The maximum absolute atomic E-state index is 12.0. The monoisotopic (exact) mass is 269 g/mol. The second-order valence-electron chi connectivity index (χ2n) is 6.13. The lowest BCUT2D eigenvalue weighted by atomic mass is 9.87. The zero-order valence-corrected chi connectivity index (χ0v) is 11.2. The van der Waals surface area contributed by atoms with Crippen molar-refractivity contribution in [2.45, 2.75) is 44.9 Å². The third kappa shape index (κ3) is 3.26. The lowest BCUT2D eigenvalue weighted by Crippen LogP contribution is -2.40. The van der Waals surface area contributed by atoms with Gasteiger partial charge in [0, 0.05) is 17.9 Å². The summed E-state index contributed by atoms with van der Waals surface area (Å²) in [6, 6.07) is 0. The van der Waals surface area contributed by atoms with Crippen molar-refractivity contribution in [3.05, 3.63) is 0 Å². The van der Waals surface area contributed by atoms with Gasteiger partial charge in [0.15, 0.2) is 0 Å². The summed E-state index contributed by atoms with van der Waals surface area (Å²) in [5.74, 6) is -1.37. The molecule has 0 bridgehead atoms. The summed E-state index contributed by atoms with van der Waals surface area (Å²) < 4.78 is 0. The summed E-state index contributed by atoms with van der Waals surface area (Å²) in [7, 11) is 0. The summed E-state index contributed by atoms with van der Waals surface area (Å²) in [5.41, 5.74) is -0.138. The number of nitrogens with one attached hydrogen (secondary N) is 1. The summed E-state index contributed by atoms with van der Waals surface area (Å²) in [6.45, 7) is 0.645. The Bertz CT molecular complexity index is 349. The number of aliphatic hydroxyl groups excluding tert-OH is 1. The van der Waals surface area contributed by atoms with Crippen LogP contribution in [0.15, 0.2) is 0 Å². The second-order valence-corrected chi connectivity index (χ2v) is 6.13. The average Bonchev–Trinajstić information content (AvgIpc) is 3.06. The molecule has 0 aromatic rings. The highest BCUT2D eigenvalue weighted by Crippen LogP contribution is 2.37. The van der Waals surface area contributed by atoms with Gasteiger partial charge in [-0.1, -0.05) is 12.8 Å². The van der Waals surface area contributed by atoms with Crippen molar-refractivity contribution >= 4 is 11.9 Å². The number of carboxylic acids is 1. The summed E-state index contributed by atoms with van der Waals surface area (Å²) in [4.78, 5) is 22.9. The van der Waals surface area contributed by atoms with Crippen molar-refractivity contribution in [2.75, 3.05) is 13.2 Å². The van der Waals surface area contributed by atoms with Gasteiger partial charge in [-0.05, 0) is 32.1 Å². The van der Waals surface area contributed by atoms with E-state index < -0.39 is 5.97 Å². The van der Waals surface area contributed by atoms with Crippen LogP contribution >= 0.6 is 0 Å². The standard InChI is InChI=1S/C14H23NO4/c16-9-14(5-1-2-6-14)8-15-12(17)10-3-4-11(7-10)13(18)19/h10-11,16H,1-9H2,(H,15,17)(H,18,19)/t10-,11+/m1/s1. The van der Waals surface area contributed by atoms with Gasteiger partial charge in [-0.15, -0.1) is 0 Å². The SMILES string of the molecule is O=C(O)[C@H]1CC[C@@H](C(=O)NCC2(CO)CCCC2)C1. The van der Waals surface area contributed by atoms with Crippen molar-refractivity contribution in [3.63, 3.8) is 0 Å². The van der Waals surface area contributed by atoms with Crippen molar-refractivity contribution in [1.29, 1.82) is 0 Å². The number of rotatable bonds is 5. The van der Waals surface area contributed by atoms with E-state index >= 15 is 0 Å². The van der Waals surface area contributed by atoms with Crippen LogP contribution < -0.4 is 5.32 Å². The van der Waals surface area contributed by atoms with E-state index in [0.717, 1.165) is 25.7 Å². The molecular weight excluding hydrogens is 246 g/mol. The van der Waals surface area contributed by atoms with Gasteiger partial charge in [0.2, 0.25) is 5.91 Å². The first-order chi connectivity index (χ1) is 9.06. The van der Waals surface area contributed by atoms with Gasteiger partial charge < -0.3 is 15.5 Å². The number of hydrogen-bond donors (Lipinski definition) is 3. The molecule has 0 aromatic heterocycles. The first kappa shape index (κ1) is 14.3. The fourth-order valence-corrected chi connectivity index (χ4v) is 3.38. The van der Waals surface area contributed by atoms with Crippen LogP contribution in [0.5, 0.6) is 0 Å². The van der Waals surface area contributed by atoms with E-state index in [1.807, 2.05) is 0 Å². The van der Waals surface area contributed by atoms with Crippen molar-refractivity contribution < 1.29 is 19.8 Å². The van der Waals surface area contributed by atoms with Gasteiger partial charge in [0.25, 0.3) is 0 Å². The minimum absolute atomic E-state index is 0.0384. The van der Waals surface area contributed by atoms with Crippen LogP contribution in [0.1, 0.15) is 44.9 Å². The molecule has 0 aliphatic heterocycles. The van der Waals surface area contributed by atoms with Gasteiger partial charge in [-0.25, -0.2) is 0 Å². The molecule has 3 N–H and O–H groups in total. The quantitative estimate of drug-likeness (QED) is 0.699. The van der Waals surface area contributed by atoms with Gasteiger partial charge in [0.05, 0.1) is 12.5 Å². The van der Waals surface area contributed by atoms with Crippen LogP contribution in [0.25, 0.3) is 0 Å². The molecule has 19 heavy (non-hydrogen) atoms. The molecule has 2 atom stereocenters. The second kappa shape index (κ2) is 5.90. The fraction of sp³-hybridized carbons (Fsp3) is 0.857. The molecule has 2 fully saturated rings. The molecule has 0 aromatic carbocycles. The van der Waals surface area contributed by atoms with Crippen LogP contribution in [-0.2, 0) is 9.59 Å². The molecule has 5 heteroatoms. The van der Waals surface area contributed by atoms with Crippen molar-refractivity contribution in [1.82, 2.24) is 5.32 Å². The zero-order chi connectivity index (χ0) is 13.9. The molecule has 2 aliphatic carbocycles. The highest BCUT2D eigenvalue weighted by Gasteiger charge is 2.37. The third-order valence-corrected chi connectivity index (χ3v) is 4.79. The van der Waals surface area contributed by atoms with Gasteiger partial charge in [-0.3, -0.25) is 9.59 Å². The van der Waals surface area contributed by atoms with Crippen molar-refractivity contribution in [2.24, 2.45) is 17.3 Å². The lowest BCUT2D eigenvalue weighted by molar-refractivity contribution is -0.141. The number of aliphatic hydroxyl groups is 1. The molecule has 0 heterocycles. The molecule has 0 spiro atoms. The van der Waals surface area contributed by atoms with E-state index in [0.29, 0.717) is 25.8 Å². The Morgan fingerprint density at radius 3 is 2.32 bits per heavy atom. The minimum atomic E-state index is -0.794. The van der Waals surface area contributed by atoms with Gasteiger partial charge >= 0.3 is 5.97 Å².